The number of aromatic nitrogens is 2. The number of hydrogen-bond donors (Lipinski definition) is 4. The van der Waals surface area contributed by atoms with Crippen LogP contribution in [0.15, 0.2) is 158 Å². The second-order valence-corrected chi connectivity index (χ2v) is 15.8. The average molecular weight is 783 g/mol. The van der Waals surface area contributed by atoms with Crippen LogP contribution in [0, 0.1) is 27.7 Å². The third-order valence-electron chi connectivity index (χ3n) is 11.9. The van der Waals surface area contributed by atoms with Crippen molar-refractivity contribution in [1.29, 1.82) is 0 Å². The summed E-state index contributed by atoms with van der Waals surface area (Å²) in [6, 6.07) is 54.4. The molecule has 0 bridgehead atoms. The third-order valence-corrected chi connectivity index (χ3v) is 11.9. The average Bonchev–Trinajstić information content (AvgIpc) is 3.88. The van der Waals surface area contributed by atoms with E-state index >= 15 is 0 Å². The maximum atomic E-state index is 6.21. The number of nitrogens with one attached hydrogen (secondary N) is 4. The van der Waals surface area contributed by atoms with Crippen molar-refractivity contribution in [3.63, 3.8) is 0 Å². The highest BCUT2D eigenvalue weighted by atomic mass is 16.5. The second-order valence-electron chi connectivity index (χ2n) is 15.8. The van der Waals surface area contributed by atoms with Crippen LogP contribution in [0.5, 0.6) is 23.0 Å². The Morgan fingerprint density at radius 3 is 1.15 bits per heavy atom. The molecule has 0 unspecified atom stereocenters. The zero-order valence-electron chi connectivity index (χ0n) is 34.2. The highest BCUT2D eigenvalue weighted by Crippen LogP contribution is 2.35. The summed E-state index contributed by atoms with van der Waals surface area (Å²) in [6.45, 7) is 10.3. The third kappa shape index (κ3) is 7.07. The largest absolute Gasteiger partial charge is 0.457 e. The number of hydrogen-bond acceptors (Lipinski definition) is 4. The number of aryl methyl sites for hydroxylation is 4. The van der Waals surface area contributed by atoms with Gasteiger partial charge in [0.15, 0.2) is 0 Å². The van der Waals surface area contributed by atoms with Gasteiger partial charge in [0.05, 0.1) is 0 Å². The zero-order valence-corrected chi connectivity index (χ0v) is 34.2. The fraction of sp³-hybridized carbons (Fsp3) is 0.111. The van der Waals surface area contributed by atoms with Crippen LogP contribution in [0.3, 0.4) is 0 Å². The summed E-state index contributed by atoms with van der Waals surface area (Å²) < 4.78 is 12.4. The van der Waals surface area contributed by atoms with E-state index in [0.29, 0.717) is 0 Å². The van der Waals surface area contributed by atoms with E-state index in [0.717, 1.165) is 58.6 Å². The van der Waals surface area contributed by atoms with E-state index in [1.54, 1.807) is 0 Å². The van der Waals surface area contributed by atoms with Crippen molar-refractivity contribution in [1.82, 2.24) is 9.97 Å². The lowest BCUT2D eigenvalue weighted by molar-refractivity contribution is 0.482. The van der Waals surface area contributed by atoms with Crippen LogP contribution in [0.25, 0.3) is 54.7 Å². The predicted octanol–water partition coefficient (Wildman–Crippen LogP) is 14.7. The van der Waals surface area contributed by atoms with Crippen LogP contribution < -0.4 is 20.1 Å². The Morgan fingerprint density at radius 1 is 0.417 bits per heavy atom. The van der Waals surface area contributed by atoms with Crippen molar-refractivity contribution in [2.24, 2.45) is 0 Å². The highest BCUT2D eigenvalue weighted by Gasteiger charge is 2.14. The van der Waals surface area contributed by atoms with E-state index in [-0.39, 0.29) is 0 Å². The van der Waals surface area contributed by atoms with Crippen LogP contribution in [0.4, 0.5) is 11.4 Å². The zero-order chi connectivity index (χ0) is 40.7. The molecule has 60 heavy (non-hydrogen) atoms. The number of anilines is 2. The number of para-hydroxylation sites is 2. The normalized spacial score (nSPS) is 11.5. The molecule has 0 spiro atoms. The lowest BCUT2D eigenvalue weighted by atomic mass is 9.98. The molecule has 10 rings (SSSR count). The summed E-state index contributed by atoms with van der Waals surface area (Å²) in [5.41, 5.74) is 16.8. The molecule has 6 nitrogen and oxygen atoms in total. The Bertz CT molecular complexity index is 2940. The molecule has 6 heteroatoms. The van der Waals surface area contributed by atoms with Gasteiger partial charge in [-0.25, -0.2) is 0 Å². The van der Waals surface area contributed by atoms with E-state index in [1.807, 2.05) is 48.5 Å². The van der Waals surface area contributed by atoms with E-state index in [2.05, 4.69) is 157 Å². The van der Waals surface area contributed by atoms with E-state index < -0.39 is 0 Å². The molecule has 0 aliphatic carbocycles. The van der Waals surface area contributed by atoms with Gasteiger partial charge in [-0.1, -0.05) is 72.8 Å². The van der Waals surface area contributed by atoms with Gasteiger partial charge < -0.3 is 30.1 Å². The molecular weight excluding hydrogens is 737 g/mol. The predicted molar refractivity (Wildman–Crippen MR) is 250 cm³/mol. The highest BCUT2D eigenvalue weighted by molar-refractivity contribution is 6.11. The summed E-state index contributed by atoms with van der Waals surface area (Å²) in [5, 5.41) is 12.4. The molecule has 8 aromatic carbocycles. The quantitative estimate of drug-likeness (QED) is 0.105. The van der Waals surface area contributed by atoms with Crippen LogP contribution >= 0.6 is 0 Å². The molecule has 2 aromatic heterocycles. The Kier molecular flexibility index (Phi) is 9.45. The van der Waals surface area contributed by atoms with Crippen molar-refractivity contribution >= 4 is 55.0 Å². The minimum absolute atomic E-state index is 0.743. The van der Waals surface area contributed by atoms with Crippen molar-refractivity contribution in [2.75, 3.05) is 10.6 Å². The topological polar surface area (TPSA) is 74.1 Å². The summed E-state index contributed by atoms with van der Waals surface area (Å²) in [7, 11) is 0. The van der Waals surface area contributed by atoms with E-state index in [9.17, 15) is 0 Å². The number of rotatable bonds is 11. The van der Waals surface area contributed by atoms with Gasteiger partial charge in [-0.3, -0.25) is 0 Å². The molecule has 4 N–H and O–H groups in total. The lowest BCUT2D eigenvalue weighted by Gasteiger charge is -2.13. The van der Waals surface area contributed by atoms with Gasteiger partial charge in [-0.2, -0.15) is 0 Å². The molecule has 0 amide bonds. The first-order chi connectivity index (χ1) is 29.3. The van der Waals surface area contributed by atoms with Gasteiger partial charge in [0.2, 0.25) is 0 Å². The minimum Gasteiger partial charge on any atom is -0.457 e. The van der Waals surface area contributed by atoms with Gasteiger partial charge in [0, 0.05) is 68.1 Å². The van der Waals surface area contributed by atoms with E-state index in [1.165, 1.54) is 77.0 Å². The molecule has 10 aromatic rings. The Labute approximate surface area is 349 Å². The van der Waals surface area contributed by atoms with Crippen molar-refractivity contribution in [3.8, 4) is 34.1 Å². The Hall–Kier alpha value is -7.44. The van der Waals surface area contributed by atoms with Gasteiger partial charge in [0.25, 0.3) is 0 Å². The fourth-order valence-electron chi connectivity index (χ4n) is 8.61. The first-order valence-corrected chi connectivity index (χ1v) is 20.6. The summed E-state index contributed by atoms with van der Waals surface area (Å²) in [6.07, 6.45) is 0. The standard InChI is InChI=1S/C54H46N4O2/c1-33-29-39(35(3)51-47-9-5-7-11-49(47)57-53(33)51)31-55-41-17-25-45(26-18-41)59-43-21-13-37(14-22-43)38-15-23-44(24-16-38)60-46-27-19-42(20-28-46)56-32-40-30-34(2)54-52(36(40)4)48-10-6-8-12-50(48)58-54/h5-30,55-58H,31-32H2,1-4H3. The number of fused-ring (bicyclic) bond motifs is 6. The molecule has 0 fully saturated rings. The summed E-state index contributed by atoms with van der Waals surface area (Å²) in [4.78, 5) is 7.22. The van der Waals surface area contributed by atoms with Crippen LogP contribution in [-0.4, -0.2) is 9.97 Å². The second kappa shape index (κ2) is 15.4. The molecule has 294 valence electrons. The molecule has 0 radical (unpaired) electrons. The van der Waals surface area contributed by atoms with Gasteiger partial charge in [-0.15, -0.1) is 0 Å². The van der Waals surface area contributed by atoms with Crippen LogP contribution in [0.1, 0.15) is 33.4 Å². The SMILES string of the molecule is Cc1cc(CNc2ccc(Oc3ccc(-c4ccc(Oc5ccc(NCc6cc(C)c7[nH]c8ccccc8c7c6C)cc5)cc4)cc3)cc2)c(C)c2c1[nH]c1ccccc12. The fourth-order valence-corrected chi connectivity index (χ4v) is 8.61. The first-order valence-electron chi connectivity index (χ1n) is 20.6. The maximum absolute atomic E-state index is 6.21. The molecule has 0 aliphatic rings. The molecule has 0 aliphatic heterocycles. The lowest BCUT2D eigenvalue weighted by Crippen LogP contribution is -2.02. The van der Waals surface area contributed by atoms with Crippen molar-refractivity contribution < 1.29 is 9.47 Å². The summed E-state index contributed by atoms with van der Waals surface area (Å²) >= 11 is 0. The smallest absolute Gasteiger partial charge is 0.127 e. The van der Waals surface area contributed by atoms with Crippen molar-refractivity contribution in [2.45, 2.75) is 40.8 Å². The summed E-state index contributed by atoms with van der Waals surface area (Å²) in [5.74, 6) is 3.16. The van der Waals surface area contributed by atoms with Gasteiger partial charge >= 0.3 is 0 Å². The molecular formula is C54H46N4O2. The molecule has 0 saturated carbocycles. The molecule has 0 atom stereocenters. The minimum atomic E-state index is 0.743. The van der Waals surface area contributed by atoms with Gasteiger partial charge in [0.1, 0.15) is 23.0 Å². The number of aromatic amines is 2. The Morgan fingerprint density at radius 2 is 0.767 bits per heavy atom. The molecule has 0 saturated heterocycles. The van der Waals surface area contributed by atoms with E-state index in [4.69, 9.17) is 9.47 Å². The Balaban J connectivity index is 0.728. The maximum Gasteiger partial charge on any atom is 0.127 e. The van der Waals surface area contributed by atoms with Crippen LogP contribution in [-0.2, 0) is 13.1 Å². The first kappa shape index (κ1) is 36.9. The van der Waals surface area contributed by atoms with Crippen molar-refractivity contribution in [3.05, 3.63) is 191 Å². The number of benzene rings is 8. The monoisotopic (exact) mass is 782 g/mol. The number of H-pyrrole nitrogens is 2. The molecule has 2 heterocycles. The number of ether oxygens (including phenoxy) is 2. The van der Waals surface area contributed by atoms with Gasteiger partial charge in [-0.05, 0) is 157 Å². The van der Waals surface area contributed by atoms with Crippen LogP contribution in [0.2, 0.25) is 0 Å².